The van der Waals surface area contributed by atoms with Crippen LogP contribution < -0.4 is 0 Å². The molecule has 0 fully saturated rings. The number of hydrogen-bond donors (Lipinski definition) is 0. The third kappa shape index (κ3) is 4.40. The van der Waals surface area contributed by atoms with E-state index < -0.39 is 10.0 Å². The zero-order chi connectivity index (χ0) is 21.2. The number of allylic oxidation sites excluding steroid dienone is 4. The number of benzene rings is 2. The van der Waals surface area contributed by atoms with Crippen LogP contribution in [0.2, 0.25) is 0 Å². The number of Topliss-reactive ketones (excluding diaryl/α,β-unsaturated/α-hetero) is 1. The maximum atomic E-state index is 12.8. The lowest BCUT2D eigenvalue weighted by atomic mass is 9.97. The van der Waals surface area contributed by atoms with Gasteiger partial charge in [-0.2, -0.15) is 8.42 Å². The smallest absolute Gasteiger partial charge is 0.284 e. The summed E-state index contributed by atoms with van der Waals surface area (Å²) in [4.78, 5) is 16.6. The Kier molecular flexibility index (Phi) is 6.17. The van der Waals surface area contributed by atoms with E-state index in [1.165, 1.54) is 12.1 Å². The molecule has 1 aliphatic carbocycles. The molecule has 29 heavy (non-hydrogen) atoms. The van der Waals surface area contributed by atoms with Gasteiger partial charge in [0, 0.05) is 16.7 Å². The van der Waals surface area contributed by atoms with Gasteiger partial charge in [0.1, 0.15) is 5.71 Å². The fourth-order valence-electron chi connectivity index (χ4n) is 2.62. The van der Waals surface area contributed by atoms with Gasteiger partial charge >= 0.3 is 0 Å². The molecule has 0 aliphatic heterocycles. The molecule has 0 spiro atoms. The van der Waals surface area contributed by atoms with Gasteiger partial charge in [0.15, 0.2) is 11.6 Å². The van der Waals surface area contributed by atoms with Gasteiger partial charge in [-0.05, 0) is 26.0 Å². The molecular formula is C21H16Cl2N2O3S. The van der Waals surface area contributed by atoms with Crippen LogP contribution in [0.1, 0.15) is 19.4 Å². The third-order valence-electron chi connectivity index (χ3n) is 4.25. The molecule has 0 bridgehead atoms. The highest BCUT2D eigenvalue weighted by atomic mass is 35.5. The van der Waals surface area contributed by atoms with Crippen LogP contribution >= 0.6 is 23.2 Å². The third-order valence-corrected chi connectivity index (χ3v) is 6.46. The maximum absolute atomic E-state index is 12.8. The standard InChI is InChI=1S/C21H16Cl2N2O3S/c1-13-17(22)19(18(23)14(2)20(13)26)24-21(15-9-5-3-6-10-15)25-29(27,28)16-11-7-4-8-12-16/h3-12H,1-2H3/b25-21+. The summed E-state index contributed by atoms with van der Waals surface area (Å²) in [6.45, 7) is 3.13. The van der Waals surface area contributed by atoms with Crippen molar-refractivity contribution in [2.75, 3.05) is 0 Å². The minimum Gasteiger partial charge on any atom is -0.289 e. The monoisotopic (exact) mass is 446 g/mol. The maximum Gasteiger partial charge on any atom is 0.284 e. The second-order valence-corrected chi connectivity index (χ2v) is 8.60. The molecule has 3 rings (SSSR count). The topological polar surface area (TPSA) is 75.9 Å². The van der Waals surface area contributed by atoms with Crippen LogP contribution in [0.3, 0.4) is 0 Å². The molecule has 0 radical (unpaired) electrons. The number of aliphatic imine (C=N–C) groups is 1. The largest absolute Gasteiger partial charge is 0.289 e. The predicted molar refractivity (Wildman–Crippen MR) is 116 cm³/mol. The minimum atomic E-state index is -4.04. The van der Waals surface area contributed by atoms with Gasteiger partial charge in [0.25, 0.3) is 10.0 Å². The molecule has 0 unspecified atom stereocenters. The Balaban J connectivity index is 2.24. The van der Waals surface area contributed by atoms with Gasteiger partial charge in [-0.15, -0.1) is 4.40 Å². The Labute approximate surface area is 179 Å². The Morgan fingerprint density at radius 2 is 1.31 bits per heavy atom. The summed E-state index contributed by atoms with van der Waals surface area (Å²) in [5.74, 6) is -0.371. The number of nitrogens with zero attached hydrogens (tertiary/aromatic N) is 2. The van der Waals surface area contributed by atoms with E-state index in [0.29, 0.717) is 5.56 Å². The zero-order valence-electron chi connectivity index (χ0n) is 15.6. The normalized spacial score (nSPS) is 15.8. The van der Waals surface area contributed by atoms with Crippen LogP contribution in [0.5, 0.6) is 0 Å². The summed E-state index contributed by atoms with van der Waals surface area (Å²) >= 11 is 12.6. The number of rotatable bonds is 3. The van der Waals surface area contributed by atoms with Crippen molar-refractivity contribution in [1.29, 1.82) is 0 Å². The number of carbonyl (C=O) groups excluding carboxylic acids is 1. The molecule has 1 aliphatic rings. The van der Waals surface area contributed by atoms with Crippen LogP contribution in [-0.4, -0.2) is 25.7 Å². The van der Waals surface area contributed by atoms with Crippen molar-refractivity contribution in [2.24, 2.45) is 9.39 Å². The Morgan fingerprint density at radius 3 is 1.83 bits per heavy atom. The van der Waals surface area contributed by atoms with Crippen molar-refractivity contribution in [3.63, 3.8) is 0 Å². The number of carbonyl (C=O) groups is 1. The van der Waals surface area contributed by atoms with E-state index in [0.717, 1.165) is 0 Å². The van der Waals surface area contributed by atoms with Crippen molar-refractivity contribution in [3.05, 3.63) is 87.4 Å². The summed E-state index contributed by atoms with van der Waals surface area (Å²) < 4.78 is 29.5. The van der Waals surface area contributed by atoms with E-state index in [2.05, 4.69) is 9.39 Å². The first kappa shape index (κ1) is 21.2. The average molecular weight is 447 g/mol. The molecule has 2 aromatic carbocycles. The van der Waals surface area contributed by atoms with Crippen LogP contribution in [0.4, 0.5) is 0 Å². The highest BCUT2D eigenvalue weighted by molar-refractivity contribution is 7.90. The second kappa shape index (κ2) is 8.45. The van der Waals surface area contributed by atoms with E-state index in [1.807, 2.05) is 0 Å². The SMILES string of the molecule is CC1=C(Cl)C(=N/C(=N/S(=O)(=O)c2ccccc2)c2ccccc2)C(Cl)=C(C)C1=O. The Bertz CT molecular complexity index is 1170. The Morgan fingerprint density at radius 1 is 0.828 bits per heavy atom. The first-order valence-corrected chi connectivity index (χ1v) is 10.7. The van der Waals surface area contributed by atoms with Crippen LogP contribution in [0.25, 0.3) is 0 Å². The number of amidine groups is 1. The lowest BCUT2D eigenvalue weighted by Crippen LogP contribution is -2.19. The van der Waals surface area contributed by atoms with Crippen molar-refractivity contribution < 1.29 is 13.2 Å². The van der Waals surface area contributed by atoms with Crippen molar-refractivity contribution in [1.82, 2.24) is 0 Å². The first-order chi connectivity index (χ1) is 13.7. The lowest BCUT2D eigenvalue weighted by molar-refractivity contribution is -0.112. The molecule has 0 aromatic heterocycles. The predicted octanol–water partition coefficient (Wildman–Crippen LogP) is 4.87. The second-order valence-electron chi connectivity index (χ2n) is 6.24. The highest BCUT2D eigenvalue weighted by Crippen LogP contribution is 2.30. The highest BCUT2D eigenvalue weighted by Gasteiger charge is 2.28. The van der Waals surface area contributed by atoms with Gasteiger partial charge in [-0.25, -0.2) is 4.99 Å². The summed E-state index contributed by atoms with van der Waals surface area (Å²) in [6, 6.07) is 16.4. The molecule has 0 saturated carbocycles. The first-order valence-electron chi connectivity index (χ1n) is 8.54. The molecule has 5 nitrogen and oxygen atoms in total. The molecule has 0 saturated heterocycles. The molecule has 0 N–H and O–H groups in total. The van der Waals surface area contributed by atoms with Crippen molar-refractivity contribution >= 4 is 50.6 Å². The van der Waals surface area contributed by atoms with E-state index in [9.17, 15) is 13.2 Å². The number of hydrogen-bond acceptors (Lipinski definition) is 3. The van der Waals surface area contributed by atoms with Gasteiger partial charge < -0.3 is 0 Å². The molecule has 0 heterocycles. The van der Waals surface area contributed by atoms with E-state index in [4.69, 9.17) is 23.2 Å². The van der Waals surface area contributed by atoms with Gasteiger partial charge in [0.2, 0.25) is 0 Å². The van der Waals surface area contributed by atoms with Gasteiger partial charge in [-0.1, -0.05) is 71.7 Å². The molecule has 8 heteroatoms. The fourth-order valence-corrected chi connectivity index (χ4v) is 4.09. The quantitative estimate of drug-likeness (QED) is 0.383. The Hall–Kier alpha value is -2.54. The summed E-state index contributed by atoms with van der Waals surface area (Å²) in [5.41, 5.74) is 1.13. The molecule has 0 amide bonds. The summed E-state index contributed by atoms with van der Waals surface area (Å²) in [6.07, 6.45) is 0. The van der Waals surface area contributed by atoms with Crippen LogP contribution in [0.15, 0.2) is 96.2 Å². The van der Waals surface area contributed by atoms with Gasteiger partial charge in [0.05, 0.1) is 15.0 Å². The molecule has 2 aromatic rings. The van der Waals surface area contributed by atoms with Crippen molar-refractivity contribution in [3.8, 4) is 0 Å². The number of ketones is 1. The molecular weight excluding hydrogens is 431 g/mol. The fraction of sp³-hybridized carbons (Fsp3) is 0.0952. The van der Waals surface area contributed by atoms with E-state index in [-0.39, 0.29) is 43.4 Å². The minimum absolute atomic E-state index is 0.0306. The summed E-state index contributed by atoms with van der Waals surface area (Å²) in [5, 5.41) is 0.123. The average Bonchev–Trinajstić information content (AvgIpc) is 2.74. The summed E-state index contributed by atoms with van der Waals surface area (Å²) in [7, 11) is -4.04. The number of halogens is 2. The van der Waals surface area contributed by atoms with Crippen LogP contribution in [0, 0.1) is 0 Å². The van der Waals surface area contributed by atoms with Crippen molar-refractivity contribution in [2.45, 2.75) is 18.7 Å². The molecule has 148 valence electrons. The molecule has 0 atom stereocenters. The van der Waals surface area contributed by atoms with E-state index in [1.54, 1.807) is 62.4 Å². The van der Waals surface area contributed by atoms with E-state index >= 15 is 0 Å². The van der Waals surface area contributed by atoms with Gasteiger partial charge in [-0.3, -0.25) is 4.79 Å². The number of sulfonamides is 1. The lowest BCUT2D eigenvalue weighted by Gasteiger charge is -2.16. The van der Waals surface area contributed by atoms with Crippen LogP contribution in [-0.2, 0) is 14.8 Å². The zero-order valence-corrected chi connectivity index (χ0v) is 17.9.